The molecule has 2 aromatic heterocycles. The number of carbonyl (C=O) groups excluding carboxylic acids is 1. The Morgan fingerprint density at radius 1 is 0.722 bits per heavy atom. The molecule has 0 radical (unpaired) electrons. The van der Waals surface area contributed by atoms with E-state index in [0.717, 1.165) is 7.11 Å². The molecule has 0 fully saturated rings. The molecule has 0 unspecified atom stereocenters. The molecular weight excluding hydrogens is 527 g/mol. The molecule has 0 aliphatic rings. The highest BCUT2D eigenvalue weighted by molar-refractivity contribution is 6.35. The highest BCUT2D eigenvalue weighted by atomic mass is 35.5. The van der Waals surface area contributed by atoms with Crippen LogP contribution in [0.4, 0.5) is 0 Å². The zero-order chi connectivity index (χ0) is 26.1. The minimum Gasteiger partial charge on any atom is -0.410 e. The third kappa shape index (κ3) is 9.71. The van der Waals surface area contributed by atoms with Crippen LogP contribution in [-0.2, 0) is 0 Å². The van der Waals surface area contributed by atoms with Gasteiger partial charge in [-0.2, -0.15) is 0 Å². The molecule has 4 aromatic rings. The topological polar surface area (TPSA) is 142 Å². The van der Waals surface area contributed by atoms with Crippen LogP contribution < -0.4 is 5.90 Å². The standard InChI is InChI=1S/C12H9ClN2O.C12H8ClNO.CH4O.ClH.H3NO/c13-10-6-2-1-5-9(10)12(15-16)11-7-3-4-8-14-11;13-10-6-2-1-5-9(10)12(15)11-7-3-4-8-14-11;1-2;;1-2/h1-8,16H;1-8H;2H,1H3;1H;2H,1H2/b15-12+;;;;. The quantitative estimate of drug-likeness (QED) is 0.117. The van der Waals surface area contributed by atoms with E-state index >= 15 is 0 Å². The van der Waals surface area contributed by atoms with Gasteiger partial charge in [0.1, 0.15) is 11.4 Å². The summed E-state index contributed by atoms with van der Waals surface area (Å²) in [5, 5.41) is 26.8. The summed E-state index contributed by atoms with van der Waals surface area (Å²) in [4.78, 5) is 20.0. The molecule has 36 heavy (non-hydrogen) atoms. The van der Waals surface area contributed by atoms with E-state index in [1.807, 2.05) is 18.2 Å². The second-order valence-corrected chi connectivity index (χ2v) is 6.98. The van der Waals surface area contributed by atoms with Crippen LogP contribution in [0, 0.1) is 0 Å². The van der Waals surface area contributed by atoms with Crippen LogP contribution in [0.3, 0.4) is 0 Å². The molecule has 0 aliphatic heterocycles. The van der Waals surface area contributed by atoms with Gasteiger partial charge < -0.3 is 15.5 Å². The van der Waals surface area contributed by atoms with E-state index in [-0.39, 0.29) is 18.2 Å². The van der Waals surface area contributed by atoms with Gasteiger partial charge >= 0.3 is 0 Å². The van der Waals surface area contributed by atoms with E-state index in [1.54, 1.807) is 79.1 Å². The average molecular weight is 552 g/mol. The Kier molecular flexibility index (Phi) is 17.1. The van der Waals surface area contributed by atoms with Crippen LogP contribution in [0.5, 0.6) is 0 Å². The lowest BCUT2D eigenvalue weighted by molar-refractivity contribution is 0.103. The number of pyridine rings is 2. The molecule has 5 N–H and O–H groups in total. The van der Waals surface area contributed by atoms with Crippen molar-refractivity contribution in [3.05, 3.63) is 130 Å². The summed E-state index contributed by atoms with van der Waals surface area (Å²) in [5.74, 6) is 3.35. The number of aromatic nitrogens is 2. The number of aliphatic hydroxyl groups is 1. The van der Waals surface area contributed by atoms with Crippen molar-refractivity contribution in [2.24, 2.45) is 11.1 Å². The van der Waals surface area contributed by atoms with E-state index in [0.29, 0.717) is 38.3 Å². The fraction of sp³-hybridized carbons (Fsp3) is 0.0400. The summed E-state index contributed by atoms with van der Waals surface area (Å²) < 4.78 is 0. The Labute approximate surface area is 225 Å². The smallest absolute Gasteiger partial charge is 0.212 e. The number of hydrogen-bond acceptors (Lipinski definition) is 8. The summed E-state index contributed by atoms with van der Waals surface area (Å²) in [6.07, 6.45) is 3.22. The van der Waals surface area contributed by atoms with Gasteiger partial charge in [-0.3, -0.25) is 14.8 Å². The Hall–Kier alpha value is -3.37. The zero-order valence-electron chi connectivity index (χ0n) is 19.1. The summed E-state index contributed by atoms with van der Waals surface area (Å²) >= 11 is 11.9. The maximum Gasteiger partial charge on any atom is 0.212 e. The molecule has 0 bridgehead atoms. The van der Waals surface area contributed by atoms with Gasteiger partial charge in [-0.15, -0.1) is 12.4 Å². The van der Waals surface area contributed by atoms with Gasteiger partial charge in [-0.1, -0.05) is 70.8 Å². The molecule has 0 atom stereocenters. The first-order chi connectivity index (χ1) is 17.1. The van der Waals surface area contributed by atoms with E-state index in [9.17, 15) is 4.79 Å². The van der Waals surface area contributed by atoms with Gasteiger partial charge in [0.05, 0.1) is 15.7 Å². The highest BCUT2D eigenvalue weighted by Crippen LogP contribution is 2.19. The Morgan fingerprint density at radius 3 is 1.56 bits per heavy atom. The van der Waals surface area contributed by atoms with E-state index in [4.69, 9.17) is 38.7 Å². The van der Waals surface area contributed by atoms with Gasteiger partial charge in [0, 0.05) is 30.6 Å². The first-order valence-corrected chi connectivity index (χ1v) is 10.7. The lowest BCUT2D eigenvalue weighted by atomic mass is 10.1. The first-order valence-electron chi connectivity index (χ1n) is 9.91. The molecule has 0 saturated carbocycles. The van der Waals surface area contributed by atoms with Gasteiger partial charge in [-0.05, 0) is 42.5 Å². The van der Waals surface area contributed by atoms with Crippen LogP contribution in [0.15, 0.2) is 102 Å². The summed E-state index contributed by atoms with van der Waals surface area (Å²) in [6, 6.07) is 24.7. The van der Waals surface area contributed by atoms with Crippen molar-refractivity contribution in [3.8, 4) is 0 Å². The first kappa shape index (κ1) is 32.6. The number of benzene rings is 2. The molecule has 2 heterocycles. The summed E-state index contributed by atoms with van der Waals surface area (Å²) in [6.45, 7) is 0. The number of rotatable bonds is 4. The number of halogens is 3. The molecular formula is C25H25Cl3N4O4. The van der Waals surface area contributed by atoms with Gasteiger partial charge in [0.15, 0.2) is 0 Å². The van der Waals surface area contributed by atoms with Crippen LogP contribution in [0.25, 0.3) is 0 Å². The molecule has 4 rings (SSSR count). The third-order valence-corrected chi connectivity index (χ3v) is 4.81. The second kappa shape index (κ2) is 18.9. The van der Waals surface area contributed by atoms with E-state index < -0.39 is 0 Å². The lowest BCUT2D eigenvalue weighted by Gasteiger charge is -2.05. The van der Waals surface area contributed by atoms with Crippen LogP contribution in [0.2, 0.25) is 10.0 Å². The van der Waals surface area contributed by atoms with Gasteiger partial charge in [-0.25, -0.2) is 5.90 Å². The molecule has 190 valence electrons. The maximum atomic E-state index is 11.9. The van der Waals surface area contributed by atoms with Crippen molar-refractivity contribution < 1.29 is 20.3 Å². The number of oxime groups is 1. The number of carbonyl (C=O) groups is 1. The van der Waals surface area contributed by atoms with Crippen molar-refractivity contribution in [3.63, 3.8) is 0 Å². The summed E-state index contributed by atoms with van der Waals surface area (Å²) in [5.41, 5.74) is 2.50. The van der Waals surface area contributed by atoms with Crippen molar-refractivity contribution >= 4 is 47.1 Å². The Bertz CT molecular complexity index is 1200. The van der Waals surface area contributed by atoms with Crippen LogP contribution in [0.1, 0.15) is 27.3 Å². The normalized spacial score (nSPS) is 9.56. The minimum atomic E-state index is -0.152. The van der Waals surface area contributed by atoms with Crippen LogP contribution in [-0.4, -0.2) is 44.1 Å². The molecule has 0 aliphatic carbocycles. The SMILES string of the molecule is CO.Cl.NO.O/N=C(/c1ccccn1)c1ccccc1Cl.O=C(c1ccccn1)c1ccccc1Cl. The molecule has 8 nitrogen and oxygen atoms in total. The minimum absolute atomic E-state index is 0. The predicted octanol–water partition coefficient (Wildman–Crippen LogP) is 5.29. The Balaban J connectivity index is 0.000000585. The predicted molar refractivity (Wildman–Crippen MR) is 144 cm³/mol. The number of hydrogen-bond donors (Lipinski definition) is 4. The number of nitrogens with two attached hydrogens (primary N) is 1. The van der Waals surface area contributed by atoms with Gasteiger partial charge in [0.25, 0.3) is 0 Å². The molecule has 2 aromatic carbocycles. The average Bonchev–Trinajstić information content (AvgIpc) is 2.94. The largest absolute Gasteiger partial charge is 0.410 e. The van der Waals surface area contributed by atoms with Crippen molar-refractivity contribution in [2.45, 2.75) is 0 Å². The third-order valence-electron chi connectivity index (χ3n) is 4.15. The fourth-order valence-electron chi connectivity index (χ4n) is 2.68. The fourth-order valence-corrected chi connectivity index (χ4v) is 3.13. The highest BCUT2D eigenvalue weighted by Gasteiger charge is 2.13. The van der Waals surface area contributed by atoms with E-state index in [1.165, 1.54) is 0 Å². The second-order valence-electron chi connectivity index (χ2n) is 6.17. The molecule has 0 spiro atoms. The molecule has 0 saturated heterocycles. The molecule has 0 amide bonds. The molecule has 11 heteroatoms. The van der Waals surface area contributed by atoms with Crippen molar-refractivity contribution in [1.82, 2.24) is 9.97 Å². The van der Waals surface area contributed by atoms with Crippen molar-refractivity contribution in [2.75, 3.05) is 7.11 Å². The number of aliphatic hydroxyl groups excluding tert-OH is 1. The number of ketones is 1. The summed E-state index contributed by atoms with van der Waals surface area (Å²) in [7, 11) is 1.00. The lowest BCUT2D eigenvalue weighted by Crippen LogP contribution is -2.06. The number of nitrogens with zero attached hydrogens (tertiary/aromatic N) is 3. The monoisotopic (exact) mass is 550 g/mol. The van der Waals surface area contributed by atoms with Gasteiger partial charge in [0.2, 0.25) is 5.78 Å². The van der Waals surface area contributed by atoms with Crippen molar-refractivity contribution in [1.29, 1.82) is 0 Å². The maximum absolute atomic E-state index is 11.9. The van der Waals surface area contributed by atoms with Crippen LogP contribution >= 0.6 is 35.6 Å². The van der Waals surface area contributed by atoms with E-state index in [2.05, 4.69) is 21.0 Å². The Morgan fingerprint density at radius 2 is 1.14 bits per heavy atom. The zero-order valence-corrected chi connectivity index (χ0v) is 21.4.